The second kappa shape index (κ2) is 5.72. The van der Waals surface area contributed by atoms with Gasteiger partial charge in [-0.3, -0.25) is 4.79 Å². The summed E-state index contributed by atoms with van der Waals surface area (Å²) in [6.07, 6.45) is 17.5. The van der Waals surface area contributed by atoms with E-state index in [0.717, 1.165) is 44.1 Å². The van der Waals surface area contributed by atoms with Crippen LogP contribution < -0.4 is 0 Å². The molecule has 0 saturated heterocycles. The van der Waals surface area contributed by atoms with Crippen molar-refractivity contribution in [2.45, 2.75) is 57.3 Å². The van der Waals surface area contributed by atoms with E-state index in [1.807, 2.05) is 12.1 Å². The van der Waals surface area contributed by atoms with Gasteiger partial charge >= 0.3 is 0 Å². The van der Waals surface area contributed by atoms with Gasteiger partial charge in [-0.05, 0) is 55.1 Å². The monoisotopic (exact) mass is 372 g/mol. The topological polar surface area (TPSA) is 37.3 Å². The largest absolute Gasteiger partial charge is 0.511 e. The molecule has 0 spiro atoms. The van der Waals surface area contributed by atoms with E-state index < -0.39 is 10.8 Å². The van der Waals surface area contributed by atoms with Crippen molar-refractivity contribution in [3.05, 3.63) is 71.0 Å². The van der Waals surface area contributed by atoms with Crippen molar-refractivity contribution < 1.29 is 9.90 Å². The van der Waals surface area contributed by atoms with Crippen LogP contribution >= 0.6 is 0 Å². The first kappa shape index (κ1) is 16.8. The molecule has 1 N–H and O–H groups in total. The Balaban J connectivity index is 1.63. The van der Waals surface area contributed by atoms with E-state index in [4.69, 9.17) is 0 Å². The fourth-order valence-electron chi connectivity index (χ4n) is 7.79. The first-order valence-corrected chi connectivity index (χ1v) is 11.1. The molecule has 5 aliphatic rings. The SMILES string of the molecule is O=C1c2ccccc2[C@H]2CCCC[C@@]12[C@@]12C=CC=C[C@@H]1[C@@H]1CCCCC1=C2O. The number of aliphatic hydroxyl groups is 1. The maximum atomic E-state index is 14.1. The van der Waals surface area contributed by atoms with Gasteiger partial charge in [0.1, 0.15) is 5.76 Å². The summed E-state index contributed by atoms with van der Waals surface area (Å²) in [5.41, 5.74) is 2.34. The third kappa shape index (κ3) is 1.74. The molecule has 5 aliphatic carbocycles. The number of Topliss-reactive ketones (excluding diaryl/α,β-unsaturated/α-hetero) is 1. The van der Waals surface area contributed by atoms with E-state index in [2.05, 4.69) is 36.4 Å². The smallest absolute Gasteiger partial charge is 0.171 e. The highest BCUT2D eigenvalue weighted by molar-refractivity contribution is 6.07. The van der Waals surface area contributed by atoms with E-state index in [9.17, 15) is 9.90 Å². The quantitative estimate of drug-likeness (QED) is 0.630. The van der Waals surface area contributed by atoms with Gasteiger partial charge < -0.3 is 5.11 Å². The van der Waals surface area contributed by atoms with E-state index in [-0.39, 0.29) is 11.8 Å². The zero-order chi connectivity index (χ0) is 18.9. The fraction of sp³-hybridized carbons (Fsp3) is 0.500. The lowest BCUT2D eigenvalue weighted by Crippen LogP contribution is -2.53. The molecule has 0 aromatic heterocycles. The Kier molecular flexibility index (Phi) is 3.44. The molecule has 144 valence electrons. The van der Waals surface area contributed by atoms with E-state index in [0.29, 0.717) is 17.5 Å². The van der Waals surface area contributed by atoms with E-state index in [1.54, 1.807) is 0 Å². The molecule has 2 heteroatoms. The number of allylic oxidation sites excluding steroid dienone is 5. The Morgan fingerprint density at radius 2 is 1.86 bits per heavy atom. The van der Waals surface area contributed by atoms with E-state index >= 15 is 0 Å². The molecular weight excluding hydrogens is 344 g/mol. The highest BCUT2D eigenvalue weighted by Crippen LogP contribution is 2.73. The van der Waals surface area contributed by atoms with Crippen LogP contribution in [-0.4, -0.2) is 10.9 Å². The molecular formula is C26H28O2. The number of fused-ring (bicyclic) bond motifs is 7. The molecule has 0 amide bonds. The van der Waals surface area contributed by atoms with Gasteiger partial charge in [-0.1, -0.05) is 67.8 Å². The molecule has 0 bridgehead atoms. The minimum absolute atomic E-state index is 0.228. The number of aliphatic hydroxyl groups excluding tert-OH is 1. The van der Waals surface area contributed by atoms with E-state index in [1.165, 1.54) is 24.0 Å². The molecule has 2 nitrogen and oxygen atoms in total. The molecule has 0 heterocycles. The average Bonchev–Trinajstić information content (AvgIpc) is 3.18. The van der Waals surface area contributed by atoms with Gasteiger partial charge in [0.15, 0.2) is 5.78 Å². The molecule has 2 saturated carbocycles. The molecule has 0 radical (unpaired) electrons. The van der Waals surface area contributed by atoms with Crippen LogP contribution in [0, 0.1) is 22.7 Å². The van der Waals surface area contributed by atoms with Crippen molar-refractivity contribution in [3.8, 4) is 0 Å². The Morgan fingerprint density at radius 3 is 2.79 bits per heavy atom. The first-order valence-electron chi connectivity index (χ1n) is 11.1. The standard InChI is InChI=1S/C26H28O2/c27-23-19-11-3-1-9-17(19)21-13-5-7-15-25(21,23)26-16-8-6-14-22(26)18-10-2-4-12-20(18)24(26)28/h1,3,6,8-9,11,14,16,18,21-22,28H,2,4-5,7,10,12-13,15H2/t18-,21-,22-,25+,26+/m1/s1. The number of ketones is 1. The predicted octanol–water partition coefficient (Wildman–Crippen LogP) is 6.27. The summed E-state index contributed by atoms with van der Waals surface area (Å²) < 4.78 is 0. The molecule has 6 rings (SSSR count). The summed E-state index contributed by atoms with van der Waals surface area (Å²) in [6.45, 7) is 0. The van der Waals surface area contributed by atoms with Gasteiger partial charge in [-0.15, -0.1) is 0 Å². The van der Waals surface area contributed by atoms with Gasteiger partial charge in [-0.25, -0.2) is 0 Å². The lowest BCUT2D eigenvalue weighted by molar-refractivity contribution is 0.00299. The Bertz CT molecular complexity index is 951. The normalized spacial score (nSPS) is 40.9. The number of rotatable bonds is 1. The summed E-state index contributed by atoms with van der Waals surface area (Å²) >= 11 is 0. The van der Waals surface area contributed by atoms with Crippen molar-refractivity contribution in [1.82, 2.24) is 0 Å². The number of hydrogen-bond donors (Lipinski definition) is 1. The lowest BCUT2D eigenvalue weighted by Gasteiger charge is -2.53. The lowest BCUT2D eigenvalue weighted by atomic mass is 9.47. The number of benzene rings is 1. The molecule has 0 unspecified atom stereocenters. The Hall–Kier alpha value is -2.09. The second-order valence-corrected chi connectivity index (χ2v) is 9.55. The third-order valence-electron chi connectivity index (χ3n) is 8.74. The first-order chi connectivity index (χ1) is 13.7. The fourth-order valence-corrected chi connectivity index (χ4v) is 7.79. The van der Waals surface area contributed by atoms with Gasteiger partial charge in [0.05, 0.1) is 10.8 Å². The molecule has 0 aliphatic heterocycles. The number of carbonyl (C=O) groups excluding carboxylic acids is 1. The van der Waals surface area contributed by atoms with Crippen molar-refractivity contribution in [3.63, 3.8) is 0 Å². The molecule has 1 aromatic carbocycles. The van der Waals surface area contributed by atoms with Gasteiger partial charge in [-0.2, -0.15) is 0 Å². The molecule has 1 aromatic rings. The minimum Gasteiger partial charge on any atom is -0.511 e. The number of hydrogen-bond acceptors (Lipinski definition) is 2. The van der Waals surface area contributed by atoms with Crippen molar-refractivity contribution in [2.24, 2.45) is 22.7 Å². The second-order valence-electron chi connectivity index (χ2n) is 9.55. The van der Waals surface area contributed by atoms with Crippen LogP contribution in [0.3, 0.4) is 0 Å². The van der Waals surface area contributed by atoms with Crippen LogP contribution in [0.2, 0.25) is 0 Å². The van der Waals surface area contributed by atoms with Crippen LogP contribution in [0.4, 0.5) is 0 Å². The molecule has 5 atom stereocenters. The summed E-state index contributed by atoms with van der Waals surface area (Å²) in [5, 5.41) is 11.8. The van der Waals surface area contributed by atoms with Crippen LogP contribution in [-0.2, 0) is 0 Å². The van der Waals surface area contributed by atoms with Crippen molar-refractivity contribution in [1.29, 1.82) is 0 Å². The Morgan fingerprint density at radius 1 is 1.00 bits per heavy atom. The number of carbonyl (C=O) groups is 1. The van der Waals surface area contributed by atoms with Crippen LogP contribution in [0.25, 0.3) is 0 Å². The summed E-state index contributed by atoms with van der Waals surface area (Å²) in [4.78, 5) is 14.1. The zero-order valence-electron chi connectivity index (χ0n) is 16.4. The van der Waals surface area contributed by atoms with Gasteiger partial charge in [0.25, 0.3) is 0 Å². The summed E-state index contributed by atoms with van der Waals surface area (Å²) in [7, 11) is 0. The van der Waals surface area contributed by atoms with Crippen LogP contribution in [0.15, 0.2) is 59.9 Å². The highest BCUT2D eigenvalue weighted by atomic mass is 16.3. The Labute approximate surface area is 167 Å². The maximum absolute atomic E-state index is 14.1. The predicted molar refractivity (Wildman–Crippen MR) is 110 cm³/mol. The summed E-state index contributed by atoms with van der Waals surface area (Å²) in [6, 6.07) is 8.28. The molecule has 2 fully saturated rings. The van der Waals surface area contributed by atoms with Crippen molar-refractivity contribution >= 4 is 5.78 Å². The van der Waals surface area contributed by atoms with Crippen molar-refractivity contribution in [2.75, 3.05) is 0 Å². The highest BCUT2D eigenvalue weighted by Gasteiger charge is 2.70. The molecule has 28 heavy (non-hydrogen) atoms. The average molecular weight is 373 g/mol. The summed E-state index contributed by atoms with van der Waals surface area (Å²) in [5.74, 6) is 1.72. The van der Waals surface area contributed by atoms with Crippen LogP contribution in [0.1, 0.15) is 73.2 Å². The maximum Gasteiger partial charge on any atom is 0.171 e. The van der Waals surface area contributed by atoms with Gasteiger partial charge in [0, 0.05) is 11.5 Å². The third-order valence-corrected chi connectivity index (χ3v) is 8.74. The zero-order valence-corrected chi connectivity index (χ0v) is 16.4. The van der Waals surface area contributed by atoms with Gasteiger partial charge in [0.2, 0.25) is 0 Å². The van der Waals surface area contributed by atoms with Crippen LogP contribution in [0.5, 0.6) is 0 Å². The minimum atomic E-state index is -0.548.